The number of rotatable bonds is 5. The minimum absolute atomic E-state index is 0.126. The maximum Gasteiger partial charge on any atom is 0.347 e. The molecule has 0 aliphatic carbocycles. The van der Waals surface area contributed by atoms with Crippen molar-refractivity contribution in [2.75, 3.05) is 11.3 Å². The molecule has 1 aliphatic rings. The average Bonchev–Trinajstić information content (AvgIpc) is 3.02. The molecule has 0 amide bonds. The van der Waals surface area contributed by atoms with E-state index in [0.717, 1.165) is 6.07 Å². The molecule has 2 aromatic carbocycles. The molecule has 1 atom stereocenters. The highest BCUT2D eigenvalue weighted by atomic mass is 32.2. The fourth-order valence-corrected chi connectivity index (χ4v) is 3.47. The number of hydrogen-bond donors (Lipinski definition) is 1. The minimum Gasteiger partial charge on any atom is -0.463 e. The third kappa shape index (κ3) is 4.05. The molecule has 7 nitrogen and oxygen atoms in total. The lowest BCUT2D eigenvalue weighted by atomic mass is 10.2. The van der Waals surface area contributed by atoms with Crippen molar-refractivity contribution in [3.05, 3.63) is 59.7 Å². The number of cyclic esters (lactones) is 1. The van der Waals surface area contributed by atoms with Crippen molar-refractivity contribution >= 4 is 27.6 Å². The zero-order valence-corrected chi connectivity index (χ0v) is 14.5. The van der Waals surface area contributed by atoms with Crippen LogP contribution in [0.1, 0.15) is 16.8 Å². The van der Waals surface area contributed by atoms with Gasteiger partial charge in [0.1, 0.15) is 0 Å². The number of halogens is 2. The van der Waals surface area contributed by atoms with Gasteiger partial charge in [-0.05, 0) is 30.3 Å². The van der Waals surface area contributed by atoms with Crippen LogP contribution in [0.3, 0.4) is 0 Å². The maximum absolute atomic E-state index is 13.3. The second-order valence-corrected chi connectivity index (χ2v) is 7.26. The zero-order chi connectivity index (χ0) is 19.6. The van der Waals surface area contributed by atoms with Crippen LogP contribution < -0.4 is 4.72 Å². The number of ether oxygens (including phenoxy) is 2. The Labute approximate surface area is 152 Å². The molecule has 3 rings (SSSR count). The molecule has 1 aliphatic heterocycles. The molecule has 142 valence electrons. The molecule has 1 fully saturated rings. The van der Waals surface area contributed by atoms with Crippen LogP contribution in [0.5, 0.6) is 0 Å². The normalized spacial score (nSPS) is 16.7. The van der Waals surface area contributed by atoms with Gasteiger partial charge in [0, 0.05) is 6.42 Å². The molecule has 0 bridgehead atoms. The molecule has 1 N–H and O–H groups in total. The Hall–Kier alpha value is -3.01. The molecule has 0 radical (unpaired) electrons. The van der Waals surface area contributed by atoms with Gasteiger partial charge < -0.3 is 9.47 Å². The standard InChI is InChI=1S/C17H13F2NO6S/c18-12-6-5-10(9-13(12)19)27(23,24)20-14-4-2-1-3-11(14)16(21)26-15-7-8-25-17(15)22/h1-6,9,15,20H,7-8H2/t15-/m0/s1. The molecule has 1 saturated heterocycles. The Kier molecular flexibility index (Phi) is 5.08. The predicted octanol–water partition coefficient (Wildman–Crippen LogP) is 2.24. The van der Waals surface area contributed by atoms with Gasteiger partial charge in [-0.3, -0.25) is 4.72 Å². The van der Waals surface area contributed by atoms with E-state index in [1.165, 1.54) is 24.3 Å². The Morgan fingerprint density at radius 1 is 1.15 bits per heavy atom. The van der Waals surface area contributed by atoms with Gasteiger partial charge in [0.15, 0.2) is 11.6 Å². The quantitative estimate of drug-likeness (QED) is 0.777. The lowest BCUT2D eigenvalue weighted by Crippen LogP contribution is -2.24. The highest BCUT2D eigenvalue weighted by Gasteiger charge is 2.31. The van der Waals surface area contributed by atoms with Crippen molar-refractivity contribution in [2.45, 2.75) is 17.4 Å². The molecule has 10 heteroatoms. The number of benzene rings is 2. The Bertz CT molecular complexity index is 1010. The number of sulfonamides is 1. The van der Waals surface area contributed by atoms with E-state index in [9.17, 15) is 26.8 Å². The summed E-state index contributed by atoms with van der Waals surface area (Å²) in [6, 6.07) is 7.61. The second kappa shape index (κ2) is 7.31. The molecule has 2 aromatic rings. The van der Waals surface area contributed by atoms with Gasteiger partial charge >= 0.3 is 11.9 Å². The third-order valence-corrected chi connectivity index (χ3v) is 5.09. The average molecular weight is 397 g/mol. The summed E-state index contributed by atoms with van der Waals surface area (Å²) in [4.78, 5) is 23.2. The number of esters is 2. The van der Waals surface area contributed by atoms with Crippen LogP contribution in [-0.4, -0.2) is 33.1 Å². The van der Waals surface area contributed by atoms with E-state index in [1.54, 1.807) is 0 Å². The second-order valence-electron chi connectivity index (χ2n) is 5.58. The van der Waals surface area contributed by atoms with Crippen LogP contribution in [0.4, 0.5) is 14.5 Å². The Balaban J connectivity index is 1.86. The molecule has 0 unspecified atom stereocenters. The first-order valence-electron chi connectivity index (χ1n) is 7.72. The van der Waals surface area contributed by atoms with Crippen molar-refractivity contribution < 1.29 is 36.3 Å². The van der Waals surface area contributed by atoms with E-state index >= 15 is 0 Å². The number of para-hydroxylation sites is 1. The predicted molar refractivity (Wildman–Crippen MR) is 88.4 cm³/mol. The van der Waals surface area contributed by atoms with E-state index in [0.29, 0.717) is 12.1 Å². The van der Waals surface area contributed by atoms with Crippen molar-refractivity contribution in [1.29, 1.82) is 0 Å². The number of carbonyl (C=O) groups is 2. The van der Waals surface area contributed by atoms with Gasteiger partial charge in [0.2, 0.25) is 6.10 Å². The van der Waals surface area contributed by atoms with Crippen molar-refractivity contribution in [3.63, 3.8) is 0 Å². The fourth-order valence-electron chi connectivity index (χ4n) is 2.37. The van der Waals surface area contributed by atoms with Crippen molar-refractivity contribution in [3.8, 4) is 0 Å². The van der Waals surface area contributed by atoms with Gasteiger partial charge in [0.25, 0.3) is 10.0 Å². The van der Waals surface area contributed by atoms with Crippen molar-refractivity contribution in [2.24, 2.45) is 0 Å². The largest absolute Gasteiger partial charge is 0.463 e. The van der Waals surface area contributed by atoms with Gasteiger partial charge in [-0.2, -0.15) is 0 Å². The highest BCUT2D eigenvalue weighted by molar-refractivity contribution is 7.92. The fraction of sp³-hybridized carbons (Fsp3) is 0.176. The first kappa shape index (κ1) is 18.8. The maximum atomic E-state index is 13.3. The monoisotopic (exact) mass is 397 g/mol. The van der Waals surface area contributed by atoms with Gasteiger partial charge in [0.05, 0.1) is 22.8 Å². The summed E-state index contributed by atoms with van der Waals surface area (Å²) in [6.07, 6.45) is -0.860. The molecular weight excluding hydrogens is 384 g/mol. The van der Waals surface area contributed by atoms with E-state index in [1.807, 2.05) is 0 Å². The lowest BCUT2D eigenvalue weighted by Gasteiger charge is -2.13. The van der Waals surface area contributed by atoms with Gasteiger partial charge in [-0.25, -0.2) is 26.8 Å². The summed E-state index contributed by atoms with van der Waals surface area (Å²) in [5.41, 5.74) is -0.290. The van der Waals surface area contributed by atoms with Crippen molar-refractivity contribution in [1.82, 2.24) is 0 Å². The first-order chi connectivity index (χ1) is 12.8. The number of carbonyl (C=O) groups excluding carboxylic acids is 2. The van der Waals surface area contributed by atoms with E-state index in [2.05, 4.69) is 4.72 Å². The molecule has 0 aromatic heterocycles. The number of nitrogens with one attached hydrogen (secondary N) is 1. The summed E-state index contributed by atoms with van der Waals surface area (Å²) >= 11 is 0. The number of hydrogen-bond acceptors (Lipinski definition) is 6. The van der Waals surface area contributed by atoms with Crippen LogP contribution in [-0.2, 0) is 24.3 Å². The lowest BCUT2D eigenvalue weighted by molar-refractivity contribution is -0.145. The summed E-state index contributed by atoms with van der Waals surface area (Å²) in [5, 5.41) is 0. The van der Waals surface area contributed by atoms with Gasteiger partial charge in [-0.15, -0.1) is 0 Å². The van der Waals surface area contributed by atoms with Crippen LogP contribution in [0.25, 0.3) is 0 Å². The van der Waals surface area contributed by atoms with E-state index < -0.39 is 44.6 Å². The SMILES string of the molecule is O=C(O[C@H]1CCOC1=O)c1ccccc1NS(=O)(=O)c1ccc(F)c(F)c1. The molecule has 0 saturated carbocycles. The Morgan fingerprint density at radius 3 is 2.56 bits per heavy atom. The van der Waals surface area contributed by atoms with E-state index in [4.69, 9.17) is 9.47 Å². The minimum atomic E-state index is -4.30. The first-order valence-corrected chi connectivity index (χ1v) is 9.21. The summed E-state index contributed by atoms with van der Waals surface area (Å²) in [5.74, 6) is -4.13. The molecule has 0 spiro atoms. The Morgan fingerprint density at radius 2 is 1.89 bits per heavy atom. The van der Waals surface area contributed by atoms with Crippen LogP contribution in [0.15, 0.2) is 47.4 Å². The summed E-state index contributed by atoms with van der Waals surface area (Å²) < 4.78 is 63.1. The van der Waals surface area contributed by atoms with Crippen LogP contribution >= 0.6 is 0 Å². The summed E-state index contributed by atoms with van der Waals surface area (Å²) in [6.45, 7) is 0.126. The van der Waals surface area contributed by atoms with Crippen LogP contribution in [0, 0.1) is 11.6 Å². The van der Waals surface area contributed by atoms with E-state index in [-0.39, 0.29) is 24.3 Å². The highest BCUT2D eigenvalue weighted by Crippen LogP contribution is 2.23. The third-order valence-electron chi connectivity index (χ3n) is 3.73. The number of anilines is 1. The molecular formula is C17H13F2NO6S. The van der Waals surface area contributed by atoms with Crippen LogP contribution in [0.2, 0.25) is 0 Å². The smallest absolute Gasteiger partial charge is 0.347 e. The van der Waals surface area contributed by atoms with Gasteiger partial charge in [-0.1, -0.05) is 12.1 Å². The zero-order valence-electron chi connectivity index (χ0n) is 13.6. The molecule has 1 heterocycles. The summed E-state index contributed by atoms with van der Waals surface area (Å²) in [7, 11) is -4.30. The molecule has 27 heavy (non-hydrogen) atoms. The topological polar surface area (TPSA) is 98.8 Å².